The van der Waals surface area contributed by atoms with Crippen molar-refractivity contribution in [3.63, 3.8) is 0 Å². The second-order valence-corrected chi connectivity index (χ2v) is 9.13. The summed E-state index contributed by atoms with van der Waals surface area (Å²) in [5, 5.41) is 12.4. The van der Waals surface area contributed by atoms with Crippen molar-refractivity contribution < 1.29 is 14.3 Å². The zero-order chi connectivity index (χ0) is 23.0. The van der Waals surface area contributed by atoms with Crippen LogP contribution < -0.4 is 21.3 Å². The van der Waals surface area contributed by atoms with Gasteiger partial charge in [0.25, 0.3) is 0 Å². The number of benzene rings is 1. The van der Waals surface area contributed by atoms with E-state index in [1.807, 2.05) is 65.8 Å². The number of para-hydroxylation sites is 1. The van der Waals surface area contributed by atoms with Crippen LogP contribution in [0.25, 0.3) is 0 Å². The molecule has 2 unspecified atom stereocenters. The summed E-state index contributed by atoms with van der Waals surface area (Å²) in [4.78, 5) is 28.9. The van der Waals surface area contributed by atoms with E-state index in [-0.39, 0.29) is 47.8 Å². The van der Waals surface area contributed by atoms with Gasteiger partial charge in [0.05, 0.1) is 12.6 Å². The van der Waals surface area contributed by atoms with Gasteiger partial charge in [-0.1, -0.05) is 32.0 Å². The van der Waals surface area contributed by atoms with Gasteiger partial charge in [-0.3, -0.25) is 9.79 Å². The molecule has 2 rings (SSSR count). The minimum absolute atomic E-state index is 0. The third-order valence-electron chi connectivity index (χ3n) is 4.92. The number of carbonyl (C=O) groups is 2. The molecular weight excluding hydrogens is 521 g/mol. The standard InChI is InChI=1S/C23H37N5O3.HI/c1-7-24-21(26-14-19(15(2)3)28-22(30)31-23(4,5)6)25-13-16-12-20(29)27-18-11-9-8-10-17(16)18;/h8-11,15-16,19H,7,12-14H2,1-6H3,(H,27,29)(H,28,30)(H2,24,25,26);1H. The summed E-state index contributed by atoms with van der Waals surface area (Å²) in [5.74, 6) is 0.930. The number of nitrogens with zero attached hydrogens (tertiary/aromatic N) is 1. The number of rotatable bonds is 7. The van der Waals surface area contributed by atoms with Crippen molar-refractivity contribution in [1.82, 2.24) is 16.0 Å². The Bertz CT molecular complexity index is 792. The van der Waals surface area contributed by atoms with Crippen molar-refractivity contribution in [1.29, 1.82) is 0 Å². The first-order chi connectivity index (χ1) is 14.6. The van der Waals surface area contributed by atoms with Gasteiger partial charge >= 0.3 is 6.09 Å². The average Bonchev–Trinajstić information content (AvgIpc) is 2.67. The highest BCUT2D eigenvalue weighted by Crippen LogP contribution is 2.31. The van der Waals surface area contributed by atoms with Crippen molar-refractivity contribution in [2.24, 2.45) is 10.9 Å². The van der Waals surface area contributed by atoms with Crippen LogP contribution in [-0.4, -0.2) is 49.2 Å². The number of hydrogen-bond acceptors (Lipinski definition) is 4. The van der Waals surface area contributed by atoms with E-state index in [2.05, 4.69) is 26.3 Å². The first kappa shape index (κ1) is 28.0. The third-order valence-corrected chi connectivity index (χ3v) is 4.92. The molecule has 0 aliphatic carbocycles. The zero-order valence-electron chi connectivity index (χ0n) is 20.0. The molecule has 2 amide bonds. The quantitative estimate of drug-likeness (QED) is 0.231. The second-order valence-electron chi connectivity index (χ2n) is 9.13. The normalized spacial score (nSPS) is 16.9. The van der Waals surface area contributed by atoms with Gasteiger partial charge < -0.3 is 26.0 Å². The lowest BCUT2D eigenvalue weighted by Crippen LogP contribution is -2.45. The Labute approximate surface area is 208 Å². The predicted molar refractivity (Wildman–Crippen MR) is 140 cm³/mol. The molecule has 2 atom stereocenters. The van der Waals surface area contributed by atoms with Crippen LogP contribution in [-0.2, 0) is 9.53 Å². The number of fused-ring (bicyclic) bond motifs is 1. The molecule has 0 radical (unpaired) electrons. The van der Waals surface area contributed by atoms with Gasteiger partial charge in [0.15, 0.2) is 5.96 Å². The SMILES string of the molecule is CCNC(=NCC(NC(=O)OC(C)(C)C)C(C)C)NCC1CC(=O)Nc2ccccc21.I. The molecule has 4 N–H and O–H groups in total. The monoisotopic (exact) mass is 559 g/mol. The molecule has 32 heavy (non-hydrogen) atoms. The minimum Gasteiger partial charge on any atom is -0.444 e. The Morgan fingerprint density at radius 2 is 1.94 bits per heavy atom. The van der Waals surface area contributed by atoms with E-state index in [0.717, 1.165) is 11.3 Å². The number of aliphatic imine (C=N–C) groups is 1. The molecule has 0 fully saturated rings. The number of amides is 2. The van der Waals surface area contributed by atoms with E-state index in [4.69, 9.17) is 4.74 Å². The first-order valence-electron chi connectivity index (χ1n) is 11.0. The van der Waals surface area contributed by atoms with Gasteiger partial charge in [-0.2, -0.15) is 0 Å². The van der Waals surface area contributed by atoms with Crippen LogP contribution in [0.1, 0.15) is 59.4 Å². The van der Waals surface area contributed by atoms with E-state index < -0.39 is 11.7 Å². The van der Waals surface area contributed by atoms with Crippen LogP contribution >= 0.6 is 24.0 Å². The molecule has 180 valence electrons. The number of hydrogen-bond donors (Lipinski definition) is 4. The fourth-order valence-corrected chi connectivity index (χ4v) is 3.32. The van der Waals surface area contributed by atoms with Crippen LogP contribution in [0.4, 0.5) is 10.5 Å². The summed E-state index contributed by atoms with van der Waals surface area (Å²) in [7, 11) is 0. The summed E-state index contributed by atoms with van der Waals surface area (Å²) in [5.41, 5.74) is 1.44. The third kappa shape index (κ3) is 9.22. The topological polar surface area (TPSA) is 104 Å². The maximum atomic E-state index is 12.2. The molecule has 1 aliphatic heterocycles. The maximum Gasteiger partial charge on any atom is 0.407 e. The first-order valence-corrected chi connectivity index (χ1v) is 11.0. The summed E-state index contributed by atoms with van der Waals surface area (Å²) in [6.07, 6.45) is -0.0118. The van der Waals surface area contributed by atoms with Crippen LogP contribution in [0.2, 0.25) is 0 Å². The van der Waals surface area contributed by atoms with Crippen molar-refractivity contribution in [3.05, 3.63) is 29.8 Å². The van der Waals surface area contributed by atoms with Crippen molar-refractivity contribution in [2.75, 3.05) is 25.0 Å². The molecule has 0 saturated heterocycles. The molecule has 0 bridgehead atoms. The summed E-state index contributed by atoms with van der Waals surface area (Å²) in [6, 6.07) is 7.72. The maximum absolute atomic E-state index is 12.2. The fraction of sp³-hybridized carbons (Fsp3) is 0.609. The van der Waals surface area contributed by atoms with E-state index in [0.29, 0.717) is 32.0 Å². The lowest BCUT2D eigenvalue weighted by molar-refractivity contribution is -0.116. The molecule has 1 aromatic carbocycles. The molecule has 9 heteroatoms. The summed E-state index contributed by atoms with van der Waals surface area (Å²) in [6.45, 7) is 13.3. The molecule has 1 aliphatic rings. The van der Waals surface area contributed by atoms with Crippen LogP contribution in [0.15, 0.2) is 29.3 Å². The summed E-state index contributed by atoms with van der Waals surface area (Å²) >= 11 is 0. The average molecular weight is 559 g/mol. The molecule has 8 nitrogen and oxygen atoms in total. The second kappa shape index (κ2) is 12.9. The van der Waals surface area contributed by atoms with E-state index in [1.54, 1.807) is 0 Å². The molecule has 1 aromatic rings. The highest BCUT2D eigenvalue weighted by atomic mass is 127. The summed E-state index contributed by atoms with van der Waals surface area (Å²) < 4.78 is 5.38. The van der Waals surface area contributed by atoms with E-state index in [9.17, 15) is 9.59 Å². The van der Waals surface area contributed by atoms with Crippen molar-refractivity contribution in [3.8, 4) is 0 Å². The lowest BCUT2D eigenvalue weighted by atomic mass is 9.90. The Morgan fingerprint density at radius 1 is 1.25 bits per heavy atom. The van der Waals surface area contributed by atoms with Crippen molar-refractivity contribution >= 4 is 47.6 Å². The van der Waals surface area contributed by atoms with E-state index in [1.165, 1.54) is 0 Å². The number of carbonyl (C=O) groups excluding carboxylic acids is 2. The lowest BCUT2D eigenvalue weighted by Gasteiger charge is -2.27. The highest BCUT2D eigenvalue weighted by molar-refractivity contribution is 14.0. The van der Waals surface area contributed by atoms with Crippen LogP contribution in [0, 0.1) is 5.92 Å². The largest absolute Gasteiger partial charge is 0.444 e. The number of halogens is 1. The molecule has 0 aromatic heterocycles. The predicted octanol–water partition coefficient (Wildman–Crippen LogP) is 3.83. The minimum atomic E-state index is -0.548. The number of nitrogens with one attached hydrogen (secondary N) is 4. The molecule has 0 spiro atoms. The number of alkyl carbamates (subject to hydrolysis) is 1. The van der Waals surface area contributed by atoms with Gasteiger partial charge in [0.2, 0.25) is 5.91 Å². The molecule has 1 heterocycles. The molecule has 0 saturated carbocycles. The number of ether oxygens (including phenoxy) is 1. The smallest absolute Gasteiger partial charge is 0.407 e. The zero-order valence-corrected chi connectivity index (χ0v) is 22.3. The fourth-order valence-electron chi connectivity index (χ4n) is 3.32. The van der Waals surface area contributed by atoms with Crippen LogP contribution in [0.3, 0.4) is 0 Å². The Morgan fingerprint density at radius 3 is 2.56 bits per heavy atom. The van der Waals surface area contributed by atoms with Gasteiger partial charge in [-0.05, 0) is 45.2 Å². The van der Waals surface area contributed by atoms with Gasteiger partial charge in [0.1, 0.15) is 5.60 Å². The Balaban J connectivity index is 0.00000512. The Kier molecular flexibility index (Phi) is 11.2. The van der Waals surface area contributed by atoms with Gasteiger partial charge in [-0.25, -0.2) is 4.79 Å². The van der Waals surface area contributed by atoms with E-state index >= 15 is 0 Å². The highest BCUT2D eigenvalue weighted by Gasteiger charge is 2.25. The molecular formula is C23H38IN5O3. The van der Waals surface area contributed by atoms with Gasteiger partial charge in [-0.15, -0.1) is 24.0 Å². The van der Waals surface area contributed by atoms with Crippen LogP contribution in [0.5, 0.6) is 0 Å². The van der Waals surface area contributed by atoms with Crippen molar-refractivity contribution in [2.45, 2.75) is 65.5 Å². The Hall–Kier alpha value is -2.04. The van der Waals surface area contributed by atoms with Gasteiger partial charge in [0, 0.05) is 31.1 Å². The number of guanidine groups is 1. The number of anilines is 1.